The van der Waals surface area contributed by atoms with Crippen LogP contribution < -0.4 is 4.90 Å². The molecule has 0 saturated carbocycles. The van der Waals surface area contributed by atoms with Crippen molar-refractivity contribution in [1.29, 1.82) is 0 Å². The molecule has 6 nitrogen and oxygen atoms in total. The molecule has 0 unspecified atom stereocenters. The van der Waals surface area contributed by atoms with E-state index in [1.807, 2.05) is 31.8 Å². The van der Waals surface area contributed by atoms with E-state index in [9.17, 15) is 0 Å². The van der Waals surface area contributed by atoms with Gasteiger partial charge in [0.2, 0.25) is 5.95 Å². The van der Waals surface area contributed by atoms with Crippen LogP contribution >= 0.6 is 0 Å². The van der Waals surface area contributed by atoms with Gasteiger partial charge < -0.3 is 9.47 Å². The second kappa shape index (κ2) is 8.79. The average Bonchev–Trinajstić information content (AvgIpc) is 3.17. The van der Waals surface area contributed by atoms with Gasteiger partial charge in [0.15, 0.2) is 0 Å². The Bertz CT molecular complexity index is 993. The Balaban J connectivity index is 1.40. The molecule has 1 aliphatic heterocycles. The molecule has 0 aliphatic carbocycles. The van der Waals surface area contributed by atoms with Crippen molar-refractivity contribution in [3.8, 4) is 11.1 Å². The third kappa shape index (κ3) is 4.96. The average molecular weight is 419 g/mol. The van der Waals surface area contributed by atoms with Crippen molar-refractivity contribution in [1.82, 2.24) is 24.4 Å². The van der Waals surface area contributed by atoms with E-state index in [1.165, 1.54) is 11.1 Å². The van der Waals surface area contributed by atoms with Crippen molar-refractivity contribution in [3.05, 3.63) is 60.4 Å². The van der Waals surface area contributed by atoms with Gasteiger partial charge in [-0.2, -0.15) is 0 Å². The molecular formula is C25H34N6. The number of aromatic nitrogens is 4. The molecular weight excluding hydrogens is 384 g/mol. The van der Waals surface area contributed by atoms with Gasteiger partial charge in [-0.3, -0.25) is 4.90 Å². The fraction of sp³-hybridized carbons (Fsp3) is 0.480. The number of hydrogen-bond donors (Lipinski definition) is 0. The first-order chi connectivity index (χ1) is 14.8. The fourth-order valence-electron chi connectivity index (χ4n) is 3.98. The van der Waals surface area contributed by atoms with Crippen LogP contribution in [0.25, 0.3) is 11.1 Å². The van der Waals surface area contributed by atoms with Gasteiger partial charge in [0.1, 0.15) is 5.82 Å². The van der Waals surface area contributed by atoms with Crippen molar-refractivity contribution in [2.45, 2.75) is 40.2 Å². The van der Waals surface area contributed by atoms with Gasteiger partial charge >= 0.3 is 0 Å². The number of imidazole rings is 1. The van der Waals surface area contributed by atoms with Crippen LogP contribution in [-0.4, -0.2) is 50.6 Å². The summed E-state index contributed by atoms with van der Waals surface area (Å²) in [5.41, 5.74) is 3.84. The minimum atomic E-state index is 0.234. The van der Waals surface area contributed by atoms with E-state index in [2.05, 4.69) is 71.3 Å². The Labute approximate surface area is 186 Å². The van der Waals surface area contributed by atoms with Gasteiger partial charge in [-0.05, 0) is 22.5 Å². The molecule has 4 rings (SSSR count). The van der Waals surface area contributed by atoms with E-state index < -0.39 is 0 Å². The van der Waals surface area contributed by atoms with E-state index in [1.54, 1.807) is 0 Å². The van der Waals surface area contributed by atoms with Gasteiger partial charge in [-0.25, -0.2) is 15.0 Å². The predicted molar refractivity (Wildman–Crippen MR) is 126 cm³/mol. The van der Waals surface area contributed by atoms with Crippen molar-refractivity contribution < 1.29 is 0 Å². The minimum Gasteiger partial charge on any atom is -0.338 e. The van der Waals surface area contributed by atoms with Gasteiger partial charge in [0.05, 0.1) is 6.54 Å². The first-order valence-corrected chi connectivity index (χ1v) is 11.2. The molecule has 2 aromatic heterocycles. The van der Waals surface area contributed by atoms with E-state index in [4.69, 9.17) is 9.97 Å². The monoisotopic (exact) mass is 418 g/mol. The highest BCUT2D eigenvalue weighted by Gasteiger charge is 2.22. The summed E-state index contributed by atoms with van der Waals surface area (Å²) in [6.45, 7) is 13.9. The molecule has 6 heteroatoms. The summed E-state index contributed by atoms with van der Waals surface area (Å²) in [5, 5.41) is 0. The standard InChI is InChI=1S/C25H34N6/c1-19(25(2,3)4)20-7-6-8-21(15-20)22-16-27-24(28-17-22)31-13-11-30(12-14-31)18-23-26-9-10-29(23)5/h6-10,15-17,19H,11-14,18H2,1-5H3/t19-/m0/s1. The molecule has 164 valence electrons. The molecule has 0 N–H and O–H groups in total. The Morgan fingerprint density at radius 3 is 2.29 bits per heavy atom. The third-order valence-corrected chi connectivity index (χ3v) is 6.60. The quantitative estimate of drug-likeness (QED) is 0.617. The van der Waals surface area contributed by atoms with E-state index in [0.29, 0.717) is 5.92 Å². The van der Waals surface area contributed by atoms with Crippen molar-refractivity contribution in [2.24, 2.45) is 12.5 Å². The molecule has 1 atom stereocenters. The zero-order valence-electron chi connectivity index (χ0n) is 19.4. The summed E-state index contributed by atoms with van der Waals surface area (Å²) in [4.78, 5) is 18.5. The first kappa shape index (κ1) is 21.5. The zero-order chi connectivity index (χ0) is 22.0. The van der Waals surface area contributed by atoms with Crippen LogP contribution in [0, 0.1) is 5.41 Å². The lowest BCUT2D eigenvalue weighted by Gasteiger charge is -2.34. The summed E-state index contributed by atoms with van der Waals surface area (Å²) >= 11 is 0. The fourth-order valence-corrected chi connectivity index (χ4v) is 3.98. The first-order valence-electron chi connectivity index (χ1n) is 11.2. The summed E-state index contributed by atoms with van der Waals surface area (Å²) in [5.74, 6) is 2.41. The molecule has 1 saturated heterocycles. The summed E-state index contributed by atoms with van der Waals surface area (Å²) in [6.07, 6.45) is 7.79. The Hall–Kier alpha value is -2.73. The number of piperazine rings is 1. The van der Waals surface area contributed by atoms with Crippen molar-refractivity contribution in [2.75, 3.05) is 31.1 Å². The molecule has 0 radical (unpaired) electrons. The summed E-state index contributed by atoms with van der Waals surface area (Å²) < 4.78 is 2.09. The van der Waals surface area contributed by atoms with E-state index in [-0.39, 0.29) is 5.41 Å². The third-order valence-electron chi connectivity index (χ3n) is 6.60. The molecule has 3 heterocycles. The normalized spacial score (nSPS) is 16.5. The molecule has 1 aromatic carbocycles. The zero-order valence-corrected chi connectivity index (χ0v) is 19.4. The summed E-state index contributed by atoms with van der Waals surface area (Å²) in [7, 11) is 2.05. The van der Waals surface area contributed by atoms with Gasteiger partial charge in [-0.1, -0.05) is 52.0 Å². The summed E-state index contributed by atoms with van der Waals surface area (Å²) in [6, 6.07) is 8.79. The van der Waals surface area contributed by atoms with E-state index in [0.717, 1.165) is 50.1 Å². The van der Waals surface area contributed by atoms with Crippen LogP contribution in [0.15, 0.2) is 49.1 Å². The highest BCUT2D eigenvalue weighted by Crippen LogP contribution is 2.35. The lowest BCUT2D eigenvalue weighted by atomic mass is 9.77. The van der Waals surface area contributed by atoms with Crippen LogP contribution in [0.1, 0.15) is 45.0 Å². The van der Waals surface area contributed by atoms with Crippen molar-refractivity contribution in [3.63, 3.8) is 0 Å². The largest absolute Gasteiger partial charge is 0.338 e. The number of anilines is 1. The second-order valence-corrected chi connectivity index (χ2v) is 9.70. The lowest BCUT2D eigenvalue weighted by molar-refractivity contribution is 0.240. The molecule has 0 bridgehead atoms. The van der Waals surface area contributed by atoms with Gasteiger partial charge in [0.25, 0.3) is 0 Å². The van der Waals surface area contributed by atoms with Crippen LogP contribution in [0.3, 0.4) is 0 Å². The van der Waals surface area contributed by atoms with Gasteiger partial charge in [0, 0.05) is 63.6 Å². The number of nitrogens with zero attached hydrogens (tertiary/aromatic N) is 6. The number of rotatable bonds is 5. The van der Waals surface area contributed by atoms with Crippen LogP contribution in [-0.2, 0) is 13.6 Å². The molecule has 1 fully saturated rings. The maximum Gasteiger partial charge on any atom is 0.225 e. The lowest BCUT2D eigenvalue weighted by Crippen LogP contribution is -2.46. The molecule has 0 spiro atoms. The van der Waals surface area contributed by atoms with Crippen LogP contribution in [0.5, 0.6) is 0 Å². The highest BCUT2D eigenvalue weighted by molar-refractivity contribution is 5.63. The molecule has 0 amide bonds. The molecule has 3 aromatic rings. The SMILES string of the molecule is C[C@@H](c1cccc(-c2cnc(N3CCN(Cc4nccn4C)CC3)nc2)c1)C(C)(C)C. The molecule has 1 aliphatic rings. The smallest absolute Gasteiger partial charge is 0.225 e. The number of benzene rings is 1. The topological polar surface area (TPSA) is 50.1 Å². The van der Waals surface area contributed by atoms with Crippen molar-refractivity contribution >= 4 is 5.95 Å². The maximum absolute atomic E-state index is 4.70. The van der Waals surface area contributed by atoms with Crippen LogP contribution in [0.2, 0.25) is 0 Å². The second-order valence-electron chi connectivity index (χ2n) is 9.70. The highest BCUT2D eigenvalue weighted by atomic mass is 15.3. The van der Waals surface area contributed by atoms with Crippen LogP contribution in [0.4, 0.5) is 5.95 Å². The minimum absolute atomic E-state index is 0.234. The molecule has 31 heavy (non-hydrogen) atoms. The Morgan fingerprint density at radius 2 is 1.68 bits per heavy atom. The predicted octanol–water partition coefficient (Wildman–Crippen LogP) is 4.35. The Morgan fingerprint density at radius 1 is 0.968 bits per heavy atom. The van der Waals surface area contributed by atoms with E-state index >= 15 is 0 Å². The Kier molecular flexibility index (Phi) is 6.10. The number of hydrogen-bond acceptors (Lipinski definition) is 5. The maximum atomic E-state index is 4.70. The van der Waals surface area contributed by atoms with Gasteiger partial charge in [-0.15, -0.1) is 0 Å². The number of aryl methyl sites for hydroxylation is 1.